The van der Waals surface area contributed by atoms with Gasteiger partial charge in [0.2, 0.25) is 0 Å². The molecule has 0 aliphatic carbocycles. The van der Waals surface area contributed by atoms with Crippen molar-refractivity contribution in [2.75, 3.05) is 24.5 Å². The Kier molecular flexibility index (Phi) is 4.25. The minimum atomic E-state index is 0.190. The maximum atomic E-state index is 6.25. The molecule has 0 bridgehead atoms. The zero-order chi connectivity index (χ0) is 13.3. The lowest BCUT2D eigenvalue weighted by Gasteiger charge is -2.42. The van der Waals surface area contributed by atoms with Crippen molar-refractivity contribution in [1.82, 2.24) is 5.32 Å². The fourth-order valence-corrected chi connectivity index (χ4v) is 3.24. The summed E-state index contributed by atoms with van der Waals surface area (Å²) in [7, 11) is 0. The highest BCUT2D eigenvalue weighted by Crippen LogP contribution is 2.33. The van der Waals surface area contributed by atoms with Crippen molar-refractivity contribution < 1.29 is 0 Å². The third-order valence-corrected chi connectivity index (χ3v) is 4.86. The Hall–Kier alpha value is -0.250. The molecular formula is C14H20BrClN2. The fraction of sp³-hybridized carbons (Fsp3) is 0.571. The smallest absolute Gasteiger partial charge is 0.0526 e. The standard InChI is InChI=1S/C14H20BrClN2/c1-4-14(3)9-18(6-5-17-14)13-8-12(16)10(2)7-11(13)15/h7-8,17H,4-6,9H2,1-3H3. The molecule has 0 aromatic heterocycles. The van der Waals surface area contributed by atoms with E-state index in [0.717, 1.165) is 41.1 Å². The Labute approximate surface area is 123 Å². The Morgan fingerprint density at radius 1 is 1.50 bits per heavy atom. The molecule has 1 fully saturated rings. The van der Waals surface area contributed by atoms with E-state index in [1.807, 2.05) is 6.92 Å². The van der Waals surface area contributed by atoms with Crippen molar-refractivity contribution in [3.63, 3.8) is 0 Å². The van der Waals surface area contributed by atoms with Crippen LogP contribution in [0.25, 0.3) is 0 Å². The zero-order valence-corrected chi connectivity index (χ0v) is 13.5. The lowest BCUT2D eigenvalue weighted by Crippen LogP contribution is -2.58. The second-order valence-corrected chi connectivity index (χ2v) is 6.58. The summed E-state index contributed by atoms with van der Waals surface area (Å²) in [6.07, 6.45) is 1.13. The van der Waals surface area contributed by atoms with Crippen LogP contribution in [0.5, 0.6) is 0 Å². The van der Waals surface area contributed by atoms with E-state index in [-0.39, 0.29) is 5.54 Å². The maximum Gasteiger partial charge on any atom is 0.0526 e. The summed E-state index contributed by atoms with van der Waals surface area (Å²) in [6.45, 7) is 9.60. The Morgan fingerprint density at radius 2 is 2.22 bits per heavy atom. The average molecular weight is 332 g/mol. The molecule has 1 unspecified atom stereocenters. The van der Waals surface area contributed by atoms with Gasteiger partial charge in [0.05, 0.1) is 5.69 Å². The van der Waals surface area contributed by atoms with E-state index >= 15 is 0 Å². The SMILES string of the molecule is CCC1(C)CN(c2cc(Cl)c(C)cc2Br)CCN1. The first-order valence-electron chi connectivity index (χ1n) is 6.41. The number of benzene rings is 1. The molecule has 1 aliphatic heterocycles. The molecule has 0 amide bonds. The molecule has 18 heavy (non-hydrogen) atoms. The van der Waals surface area contributed by atoms with Crippen LogP contribution in [0.4, 0.5) is 5.69 Å². The van der Waals surface area contributed by atoms with Crippen LogP contribution in [0.2, 0.25) is 5.02 Å². The Bertz CT molecular complexity index is 450. The van der Waals surface area contributed by atoms with Crippen molar-refractivity contribution in [2.45, 2.75) is 32.7 Å². The third kappa shape index (κ3) is 2.84. The van der Waals surface area contributed by atoms with Gasteiger partial charge >= 0.3 is 0 Å². The molecule has 0 saturated carbocycles. The summed E-state index contributed by atoms with van der Waals surface area (Å²) < 4.78 is 1.13. The second kappa shape index (κ2) is 5.40. The van der Waals surface area contributed by atoms with Crippen molar-refractivity contribution in [1.29, 1.82) is 0 Å². The van der Waals surface area contributed by atoms with Gasteiger partial charge in [-0.2, -0.15) is 0 Å². The van der Waals surface area contributed by atoms with Gasteiger partial charge in [0.25, 0.3) is 0 Å². The van der Waals surface area contributed by atoms with E-state index in [2.05, 4.69) is 52.1 Å². The summed E-state index contributed by atoms with van der Waals surface area (Å²) in [6, 6.07) is 4.17. The highest BCUT2D eigenvalue weighted by molar-refractivity contribution is 9.10. The summed E-state index contributed by atoms with van der Waals surface area (Å²) in [4.78, 5) is 2.41. The lowest BCUT2D eigenvalue weighted by molar-refractivity contribution is 0.314. The van der Waals surface area contributed by atoms with Crippen molar-refractivity contribution in [3.05, 3.63) is 27.2 Å². The predicted octanol–water partition coefficient (Wildman–Crippen LogP) is 3.99. The second-order valence-electron chi connectivity index (χ2n) is 5.32. The molecule has 1 aromatic carbocycles. The van der Waals surface area contributed by atoms with Crippen LogP contribution in [0, 0.1) is 6.92 Å². The number of nitrogens with one attached hydrogen (secondary N) is 1. The predicted molar refractivity (Wildman–Crippen MR) is 82.8 cm³/mol. The number of piperazine rings is 1. The number of rotatable bonds is 2. The van der Waals surface area contributed by atoms with Crippen LogP contribution in [-0.4, -0.2) is 25.2 Å². The number of halogens is 2. The van der Waals surface area contributed by atoms with Crippen LogP contribution >= 0.6 is 27.5 Å². The number of aryl methyl sites for hydroxylation is 1. The van der Waals surface area contributed by atoms with E-state index in [4.69, 9.17) is 11.6 Å². The first-order valence-corrected chi connectivity index (χ1v) is 7.58. The van der Waals surface area contributed by atoms with Gasteiger partial charge in [0, 0.05) is 34.7 Å². The minimum absolute atomic E-state index is 0.190. The molecule has 1 aliphatic rings. The van der Waals surface area contributed by atoms with Gasteiger partial charge in [-0.25, -0.2) is 0 Å². The Morgan fingerprint density at radius 3 is 2.89 bits per heavy atom. The van der Waals surface area contributed by atoms with E-state index < -0.39 is 0 Å². The maximum absolute atomic E-state index is 6.25. The number of hydrogen-bond acceptors (Lipinski definition) is 2. The monoisotopic (exact) mass is 330 g/mol. The largest absolute Gasteiger partial charge is 0.367 e. The number of anilines is 1. The van der Waals surface area contributed by atoms with Crippen molar-refractivity contribution >= 4 is 33.2 Å². The Balaban J connectivity index is 2.29. The van der Waals surface area contributed by atoms with Crippen LogP contribution in [-0.2, 0) is 0 Å². The van der Waals surface area contributed by atoms with E-state index in [1.165, 1.54) is 5.69 Å². The van der Waals surface area contributed by atoms with Gasteiger partial charge < -0.3 is 10.2 Å². The molecular weight excluding hydrogens is 312 g/mol. The summed E-state index contributed by atoms with van der Waals surface area (Å²) in [5.41, 5.74) is 2.50. The van der Waals surface area contributed by atoms with Crippen LogP contribution in [0.3, 0.4) is 0 Å². The first kappa shape index (κ1) is 14.2. The molecule has 1 saturated heterocycles. The van der Waals surface area contributed by atoms with Crippen molar-refractivity contribution in [3.8, 4) is 0 Å². The zero-order valence-electron chi connectivity index (χ0n) is 11.2. The topological polar surface area (TPSA) is 15.3 Å². The van der Waals surface area contributed by atoms with E-state index in [9.17, 15) is 0 Å². The first-order chi connectivity index (χ1) is 8.45. The highest BCUT2D eigenvalue weighted by Gasteiger charge is 2.29. The quantitative estimate of drug-likeness (QED) is 0.881. The minimum Gasteiger partial charge on any atom is -0.367 e. The highest BCUT2D eigenvalue weighted by atomic mass is 79.9. The molecule has 2 rings (SSSR count). The molecule has 4 heteroatoms. The van der Waals surface area contributed by atoms with Gasteiger partial charge in [-0.1, -0.05) is 18.5 Å². The van der Waals surface area contributed by atoms with Crippen LogP contribution < -0.4 is 10.2 Å². The molecule has 0 spiro atoms. The van der Waals surface area contributed by atoms with Gasteiger partial charge in [-0.05, 0) is 53.9 Å². The van der Waals surface area contributed by atoms with Crippen LogP contribution in [0.15, 0.2) is 16.6 Å². The summed E-state index contributed by atoms with van der Waals surface area (Å²) in [5, 5.41) is 4.44. The lowest BCUT2D eigenvalue weighted by atomic mass is 9.95. The van der Waals surface area contributed by atoms with Gasteiger partial charge in [-0.15, -0.1) is 0 Å². The molecule has 1 heterocycles. The van der Waals surface area contributed by atoms with E-state index in [1.54, 1.807) is 0 Å². The van der Waals surface area contributed by atoms with E-state index in [0.29, 0.717) is 0 Å². The van der Waals surface area contributed by atoms with Gasteiger partial charge in [-0.3, -0.25) is 0 Å². The molecule has 1 aromatic rings. The van der Waals surface area contributed by atoms with Gasteiger partial charge in [0.1, 0.15) is 0 Å². The van der Waals surface area contributed by atoms with Crippen molar-refractivity contribution in [2.24, 2.45) is 0 Å². The molecule has 100 valence electrons. The van der Waals surface area contributed by atoms with Gasteiger partial charge in [0.15, 0.2) is 0 Å². The molecule has 1 N–H and O–H groups in total. The summed E-state index contributed by atoms with van der Waals surface area (Å²) >= 11 is 9.90. The van der Waals surface area contributed by atoms with Crippen LogP contribution in [0.1, 0.15) is 25.8 Å². The normalized spacial score (nSPS) is 24.4. The number of nitrogens with zero attached hydrogens (tertiary/aromatic N) is 1. The molecule has 2 nitrogen and oxygen atoms in total. The number of hydrogen-bond donors (Lipinski definition) is 1. The molecule has 1 atom stereocenters. The average Bonchev–Trinajstić information content (AvgIpc) is 2.34. The fourth-order valence-electron chi connectivity index (χ4n) is 2.37. The third-order valence-electron chi connectivity index (χ3n) is 3.82. The molecule has 0 radical (unpaired) electrons. The summed E-state index contributed by atoms with van der Waals surface area (Å²) in [5.74, 6) is 0.